The summed E-state index contributed by atoms with van der Waals surface area (Å²) in [5.74, 6) is -9.81. The van der Waals surface area contributed by atoms with Crippen LogP contribution in [-0.2, 0) is 76.1 Å². The molecule has 0 radical (unpaired) electrons. The van der Waals surface area contributed by atoms with Crippen LogP contribution in [0.1, 0.15) is 140 Å². The lowest BCUT2D eigenvalue weighted by Gasteiger charge is -2.69. The molecular weight excluding hydrogens is 1100 g/mol. The molecule has 3 aromatic rings. The molecule has 7 aliphatic rings. The van der Waals surface area contributed by atoms with Gasteiger partial charge in [-0.2, -0.15) is 0 Å². The Morgan fingerprint density at radius 1 is 0.718 bits per heavy atom. The second kappa shape index (κ2) is 23.3. The van der Waals surface area contributed by atoms with Crippen molar-refractivity contribution in [2.24, 2.45) is 22.7 Å². The number of ketones is 1. The van der Waals surface area contributed by atoms with Crippen LogP contribution in [0.4, 0.5) is 0 Å². The molecule has 3 aromatic carbocycles. The van der Waals surface area contributed by atoms with Crippen LogP contribution in [0, 0.1) is 22.7 Å². The second-order valence-corrected chi connectivity index (χ2v) is 25.3. The van der Waals surface area contributed by atoms with Crippen molar-refractivity contribution in [3.05, 3.63) is 119 Å². The molecule has 458 valence electrons. The molecule has 85 heavy (non-hydrogen) atoms. The van der Waals surface area contributed by atoms with Gasteiger partial charge in [0.1, 0.15) is 36.6 Å². The molecule has 21 nitrogen and oxygen atoms in total. The van der Waals surface area contributed by atoms with Gasteiger partial charge in [0, 0.05) is 66.9 Å². The lowest BCUT2D eigenvalue weighted by atomic mass is 9.42. The normalized spacial score (nSPS) is 34.5. The third-order valence-electron chi connectivity index (χ3n) is 18.5. The van der Waals surface area contributed by atoms with Crippen LogP contribution in [0.5, 0.6) is 0 Å². The maximum atomic E-state index is 15.6. The molecule has 6 fully saturated rings. The zero-order valence-electron chi connectivity index (χ0n) is 49.6. The van der Waals surface area contributed by atoms with E-state index in [-0.39, 0.29) is 43.8 Å². The molecular formula is C64H77NO20. The summed E-state index contributed by atoms with van der Waals surface area (Å²) in [5.41, 5.74) is -4.91. The monoisotopic (exact) mass is 1180 g/mol. The highest BCUT2D eigenvalue weighted by atomic mass is 16.9. The molecule has 2 saturated carbocycles. The number of ether oxygens (including phenoxy) is 11. The van der Waals surface area contributed by atoms with Gasteiger partial charge < -0.3 is 67.6 Å². The second-order valence-electron chi connectivity index (χ2n) is 25.3. The highest BCUT2D eigenvalue weighted by Gasteiger charge is 2.75. The Bertz CT molecular complexity index is 3080. The fraction of sp³-hybridized carbons (Fsp3) is 0.578. The van der Waals surface area contributed by atoms with Crippen LogP contribution < -0.4 is 5.32 Å². The number of esters is 5. The van der Waals surface area contributed by atoms with E-state index in [0.717, 1.165) is 0 Å². The lowest BCUT2D eigenvalue weighted by Crippen LogP contribution is -2.78. The van der Waals surface area contributed by atoms with Crippen molar-refractivity contribution in [1.82, 2.24) is 5.32 Å². The number of aliphatic hydroxyl groups excluding tert-OH is 1. The Morgan fingerprint density at radius 2 is 1.35 bits per heavy atom. The standard InChI is InChI=1S/C64H77NO20/c1-34-42(31-64(74)40(28-41(68)37-20-14-11-15-21-37)55-62(10,30-43(77-35(2)66)49(34)59(64,4)5)45(69)29-46-63(55,33-75-46)82-36(3)67)78-57(73)52(50(38-22-16-12-17-23-38)65-56(72)39-24-18-13-19-25-39)79-47(70)26-27-48(71)80-53-51(44-32-76-60(6,7)83-44)81-58-54(53)84-61(8,9)85-58/h11-25,40,42-46,50-55,58,69,74H,26-33H2,1-10H3,(H,65,72)/t40-,42?,43?,44?,45?,46?,50?,51?,52?,53?,54?,55?,58?,62+,63?,64?/m0/s1. The minimum atomic E-state index is -2.15. The topological polar surface area (TPSA) is 274 Å². The Balaban J connectivity index is 1.02. The van der Waals surface area contributed by atoms with Crippen molar-refractivity contribution in [3.63, 3.8) is 0 Å². The van der Waals surface area contributed by atoms with Crippen LogP contribution in [0.3, 0.4) is 0 Å². The van der Waals surface area contributed by atoms with E-state index in [9.17, 15) is 39.0 Å². The van der Waals surface area contributed by atoms with E-state index < -0.39 is 168 Å². The summed E-state index contributed by atoms with van der Waals surface area (Å²) in [6.07, 6.45) is -13.1. The van der Waals surface area contributed by atoms with Gasteiger partial charge in [0.15, 0.2) is 41.5 Å². The maximum absolute atomic E-state index is 15.6. The zero-order chi connectivity index (χ0) is 61.2. The molecule has 3 aliphatic carbocycles. The average Bonchev–Trinajstić information content (AvgIpc) is 1.29. The first-order chi connectivity index (χ1) is 40.1. The molecule has 4 aliphatic heterocycles. The largest absolute Gasteiger partial charge is 0.458 e. The number of Topliss-reactive ketones (excluding diaryl/α,β-unsaturated/α-hetero) is 1. The van der Waals surface area contributed by atoms with Gasteiger partial charge in [-0.3, -0.25) is 28.8 Å². The van der Waals surface area contributed by atoms with Gasteiger partial charge in [-0.15, -0.1) is 0 Å². The fourth-order valence-electron chi connectivity index (χ4n) is 14.6. The smallest absolute Gasteiger partial charge is 0.350 e. The van der Waals surface area contributed by atoms with Crippen molar-refractivity contribution in [2.45, 2.75) is 198 Å². The average molecular weight is 1180 g/mol. The van der Waals surface area contributed by atoms with E-state index in [4.69, 9.17) is 52.1 Å². The Morgan fingerprint density at radius 3 is 1.95 bits per heavy atom. The summed E-state index contributed by atoms with van der Waals surface area (Å²) in [6, 6.07) is 23.4. The molecule has 4 saturated heterocycles. The number of hydrogen-bond donors (Lipinski definition) is 3. The van der Waals surface area contributed by atoms with Crippen LogP contribution in [0.15, 0.2) is 102 Å². The summed E-state index contributed by atoms with van der Waals surface area (Å²) >= 11 is 0. The molecule has 16 atom stereocenters. The quantitative estimate of drug-likeness (QED) is 0.0564. The molecule has 21 heteroatoms. The van der Waals surface area contributed by atoms with E-state index in [2.05, 4.69) is 5.32 Å². The number of aliphatic hydroxyl groups is 2. The van der Waals surface area contributed by atoms with Gasteiger partial charge in [-0.05, 0) is 69.9 Å². The minimum absolute atomic E-state index is 0.0151. The molecule has 2 bridgehead atoms. The van der Waals surface area contributed by atoms with E-state index in [1.165, 1.54) is 13.8 Å². The first kappa shape index (κ1) is 61.7. The number of rotatable bonds is 17. The lowest BCUT2D eigenvalue weighted by molar-refractivity contribution is -0.347. The first-order valence-electron chi connectivity index (χ1n) is 29.1. The summed E-state index contributed by atoms with van der Waals surface area (Å²) in [6.45, 7) is 16.3. The summed E-state index contributed by atoms with van der Waals surface area (Å²) in [4.78, 5) is 99.8. The summed E-state index contributed by atoms with van der Waals surface area (Å²) < 4.78 is 67.6. The van der Waals surface area contributed by atoms with Gasteiger partial charge in [-0.25, -0.2) is 4.79 Å². The number of fused-ring (bicyclic) bond motifs is 6. The van der Waals surface area contributed by atoms with Gasteiger partial charge in [0.2, 0.25) is 6.10 Å². The van der Waals surface area contributed by atoms with Crippen molar-refractivity contribution >= 4 is 41.5 Å². The SMILES string of the molecule is CC(=O)OC1C[C@]2(C)C(O)CC3OCC3(OC(C)=O)C2[C@H](CC(=O)c2ccccc2)C2(O)CC(OC(=O)C(OC(=O)CCC(=O)OC3C(C4COC(C)(C)O4)OC4OC(C)(C)OC43)C(NC(=O)c3ccccc3)c3ccccc3)C(C)=C1C2(C)C. The van der Waals surface area contributed by atoms with Crippen molar-refractivity contribution in [3.8, 4) is 0 Å². The molecule has 0 aromatic heterocycles. The highest BCUT2D eigenvalue weighted by molar-refractivity contribution is 5.96. The van der Waals surface area contributed by atoms with Gasteiger partial charge in [-0.1, -0.05) is 99.6 Å². The molecule has 3 N–H and O–H groups in total. The van der Waals surface area contributed by atoms with Crippen molar-refractivity contribution in [1.29, 1.82) is 0 Å². The third-order valence-corrected chi connectivity index (χ3v) is 18.5. The number of nitrogens with one attached hydrogen (secondary N) is 1. The molecule has 14 unspecified atom stereocenters. The molecule has 1 amide bonds. The number of benzene rings is 3. The Kier molecular flexibility index (Phi) is 16.9. The number of amides is 1. The predicted octanol–water partition coefficient (Wildman–Crippen LogP) is 6.49. The van der Waals surface area contributed by atoms with E-state index in [0.29, 0.717) is 22.3 Å². The van der Waals surface area contributed by atoms with E-state index >= 15 is 4.79 Å². The fourth-order valence-corrected chi connectivity index (χ4v) is 14.6. The number of hydrogen-bond acceptors (Lipinski definition) is 20. The number of carbonyl (C=O) groups is 7. The van der Waals surface area contributed by atoms with Gasteiger partial charge >= 0.3 is 29.8 Å². The predicted molar refractivity (Wildman–Crippen MR) is 297 cm³/mol. The van der Waals surface area contributed by atoms with Crippen LogP contribution >= 0.6 is 0 Å². The highest BCUT2D eigenvalue weighted by Crippen LogP contribution is 2.67. The molecule has 10 rings (SSSR count). The molecule has 4 heterocycles. The van der Waals surface area contributed by atoms with Crippen LogP contribution in [-0.4, -0.2) is 149 Å². The molecule has 0 spiro atoms. The van der Waals surface area contributed by atoms with Gasteiger partial charge in [0.05, 0.1) is 37.8 Å². The minimum Gasteiger partial charge on any atom is -0.458 e. The summed E-state index contributed by atoms with van der Waals surface area (Å²) in [7, 11) is 0. The zero-order valence-corrected chi connectivity index (χ0v) is 49.6. The maximum Gasteiger partial charge on any atom is 0.350 e. The Hall–Kier alpha value is -6.43. The first-order valence-corrected chi connectivity index (χ1v) is 29.1. The van der Waals surface area contributed by atoms with Crippen molar-refractivity contribution in [2.75, 3.05) is 13.2 Å². The van der Waals surface area contributed by atoms with Crippen LogP contribution in [0.25, 0.3) is 0 Å². The van der Waals surface area contributed by atoms with E-state index in [1.54, 1.807) is 146 Å². The third kappa shape index (κ3) is 11.8. The number of carbonyl (C=O) groups excluding carboxylic acids is 7. The summed E-state index contributed by atoms with van der Waals surface area (Å²) in [5, 5.41) is 29.6. The van der Waals surface area contributed by atoms with Gasteiger partial charge in [0.25, 0.3) is 5.91 Å². The van der Waals surface area contributed by atoms with E-state index in [1.807, 2.05) is 0 Å². The van der Waals surface area contributed by atoms with Crippen LogP contribution in [0.2, 0.25) is 0 Å². The Labute approximate surface area is 493 Å². The van der Waals surface area contributed by atoms with Crippen molar-refractivity contribution < 1.29 is 95.9 Å².